The third-order valence-electron chi connectivity index (χ3n) is 3.36. The van der Waals surface area contributed by atoms with Crippen LogP contribution in [0.1, 0.15) is 50.7 Å². The van der Waals surface area contributed by atoms with E-state index in [1.165, 1.54) is 42.5 Å². The maximum absolute atomic E-state index is 3.67. The van der Waals surface area contributed by atoms with Gasteiger partial charge in [0.15, 0.2) is 0 Å². The predicted molar refractivity (Wildman–Crippen MR) is 73.1 cm³/mol. The summed E-state index contributed by atoms with van der Waals surface area (Å²) < 4.78 is 0. The highest BCUT2D eigenvalue weighted by atomic mass is 14.9. The van der Waals surface area contributed by atoms with E-state index in [0.717, 1.165) is 0 Å². The third kappa shape index (κ3) is 3.55. The molecule has 0 saturated carbocycles. The molecule has 0 bridgehead atoms. The van der Waals surface area contributed by atoms with Gasteiger partial charge in [0.2, 0.25) is 0 Å². The lowest BCUT2D eigenvalue weighted by molar-refractivity contribution is 0.593. The molecule has 1 aromatic rings. The molecule has 1 atom stereocenters. The van der Waals surface area contributed by atoms with Crippen LogP contribution in [0.15, 0.2) is 18.2 Å². The number of nitrogens with one attached hydrogen (secondary N) is 1. The van der Waals surface area contributed by atoms with Gasteiger partial charge in [-0.15, -0.1) is 0 Å². The lowest BCUT2D eigenvalue weighted by atomic mass is 10.0. The fourth-order valence-electron chi connectivity index (χ4n) is 1.96. The quantitative estimate of drug-likeness (QED) is 0.732. The van der Waals surface area contributed by atoms with E-state index in [2.05, 4.69) is 51.2 Å². The largest absolute Gasteiger partial charge is 0.382 e. The summed E-state index contributed by atoms with van der Waals surface area (Å²) in [6.45, 7) is 8.89. The molecule has 0 radical (unpaired) electrons. The Bertz CT molecular complexity index is 317. The summed E-state index contributed by atoms with van der Waals surface area (Å²) >= 11 is 0. The molecular formula is C15H25N. The van der Waals surface area contributed by atoms with Crippen molar-refractivity contribution in [3.63, 3.8) is 0 Å². The molecule has 0 aromatic heterocycles. The van der Waals surface area contributed by atoms with Crippen molar-refractivity contribution in [2.45, 2.75) is 59.4 Å². The van der Waals surface area contributed by atoms with E-state index in [1.807, 2.05) is 0 Å². The van der Waals surface area contributed by atoms with Crippen LogP contribution in [0.2, 0.25) is 0 Å². The van der Waals surface area contributed by atoms with Gasteiger partial charge in [0.05, 0.1) is 0 Å². The number of aryl methyl sites for hydroxylation is 1. The Morgan fingerprint density at radius 2 is 1.94 bits per heavy atom. The van der Waals surface area contributed by atoms with E-state index < -0.39 is 0 Å². The predicted octanol–water partition coefficient (Wildman–Crippen LogP) is 4.68. The molecule has 0 saturated heterocycles. The number of unbranched alkanes of at least 4 members (excludes halogenated alkanes) is 1. The zero-order valence-electron chi connectivity index (χ0n) is 11.1. The first-order chi connectivity index (χ1) is 7.69. The number of anilines is 1. The highest BCUT2D eigenvalue weighted by Gasteiger charge is 2.07. The molecular weight excluding hydrogens is 194 g/mol. The van der Waals surface area contributed by atoms with Gasteiger partial charge in [-0.05, 0) is 43.9 Å². The zero-order valence-corrected chi connectivity index (χ0v) is 11.1. The van der Waals surface area contributed by atoms with Crippen LogP contribution in [0, 0.1) is 13.8 Å². The summed E-state index contributed by atoms with van der Waals surface area (Å²) in [6, 6.07) is 7.13. The first-order valence-electron chi connectivity index (χ1n) is 6.51. The molecule has 1 nitrogen and oxygen atoms in total. The number of benzene rings is 1. The van der Waals surface area contributed by atoms with Gasteiger partial charge in [-0.25, -0.2) is 0 Å². The standard InChI is InChI=1S/C15H25N/c1-5-7-10-14(6-2)16-15-11-8-9-12(3)13(15)4/h8-9,11,14,16H,5-7,10H2,1-4H3. The molecule has 0 aliphatic rings. The maximum Gasteiger partial charge on any atom is 0.0374 e. The second-order valence-corrected chi connectivity index (χ2v) is 4.64. The molecule has 1 aromatic carbocycles. The summed E-state index contributed by atoms with van der Waals surface area (Å²) in [6.07, 6.45) is 5.08. The first kappa shape index (κ1) is 13.1. The average Bonchev–Trinajstić information content (AvgIpc) is 2.30. The molecule has 0 spiro atoms. The molecule has 0 fully saturated rings. The van der Waals surface area contributed by atoms with Gasteiger partial charge in [-0.2, -0.15) is 0 Å². The summed E-state index contributed by atoms with van der Waals surface area (Å²) in [7, 11) is 0. The number of hydrogen-bond acceptors (Lipinski definition) is 1. The normalized spacial score (nSPS) is 12.5. The number of hydrogen-bond donors (Lipinski definition) is 1. The average molecular weight is 219 g/mol. The molecule has 16 heavy (non-hydrogen) atoms. The first-order valence-corrected chi connectivity index (χ1v) is 6.51. The molecule has 1 N–H and O–H groups in total. The van der Waals surface area contributed by atoms with Crippen LogP contribution in [0.25, 0.3) is 0 Å². The topological polar surface area (TPSA) is 12.0 Å². The fourth-order valence-corrected chi connectivity index (χ4v) is 1.96. The van der Waals surface area contributed by atoms with Gasteiger partial charge in [0.25, 0.3) is 0 Å². The van der Waals surface area contributed by atoms with Gasteiger partial charge in [0.1, 0.15) is 0 Å². The van der Waals surface area contributed by atoms with Crippen molar-refractivity contribution in [2.24, 2.45) is 0 Å². The Balaban J connectivity index is 2.66. The van der Waals surface area contributed by atoms with Crippen molar-refractivity contribution in [3.05, 3.63) is 29.3 Å². The van der Waals surface area contributed by atoms with Gasteiger partial charge in [-0.1, -0.05) is 38.8 Å². The minimum Gasteiger partial charge on any atom is -0.382 e. The van der Waals surface area contributed by atoms with Crippen molar-refractivity contribution in [1.82, 2.24) is 0 Å². The zero-order chi connectivity index (χ0) is 12.0. The molecule has 1 rings (SSSR count). The monoisotopic (exact) mass is 219 g/mol. The minimum absolute atomic E-state index is 0.625. The van der Waals surface area contributed by atoms with Gasteiger partial charge in [-0.3, -0.25) is 0 Å². The van der Waals surface area contributed by atoms with E-state index in [0.29, 0.717) is 6.04 Å². The third-order valence-corrected chi connectivity index (χ3v) is 3.36. The van der Waals surface area contributed by atoms with Crippen LogP contribution in [0.5, 0.6) is 0 Å². The van der Waals surface area contributed by atoms with Crippen molar-refractivity contribution in [2.75, 3.05) is 5.32 Å². The van der Waals surface area contributed by atoms with Crippen molar-refractivity contribution in [1.29, 1.82) is 0 Å². The van der Waals surface area contributed by atoms with Gasteiger partial charge < -0.3 is 5.32 Å². The van der Waals surface area contributed by atoms with Crippen molar-refractivity contribution in [3.8, 4) is 0 Å². The second kappa shape index (κ2) is 6.57. The molecule has 0 heterocycles. The maximum atomic E-state index is 3.67. The Hall–Kier alpha value is -0.980. The summed E-state index contributed by atoms with van der Waals surface area (Å²) in [4.78, 5) is 0. The van der Waals surface area contributed by atoms with Crippen molar-refractivity contribution < 1.29 is 0 Å². The van der Waals surface area contributed by atoms with Crippen LogP contribution in [0.4, 0.5) is 5.69 Å². The lowest BCUT2D eigenvalue weighted by Gasteiger charge is -2.20. The second-order valence-electron chi connectivity index (χ2n) is 4.64. The molecule has 1 heteroatoms. The van der Waals surface area contributed by atoms with Crippen LogP contribution in [-0.4, -0.2) is 6.04 Å². The Morgan fingerprint density at radius 3 is 2.56 bits per heavy atom. The SMILES string of the molecule is CCCCC(CC)Nc1cccc(C)c1C. The van der Waals surface area contributed by atoms with E-state index in [4.69, 9.17) is 0 Å². The Kier molecular flexibility index (Phi) is 5.37. The van der Waals surface area contributed by atoms with E-state index in [-0.39, 0.29) is 0 Å². The fraction of sp³-hybridized carbons (Fsp3) is 0.600. The highest BCUT2D eigenvalue weighted by molar-refractivity contribution is 5.54. The van der Waals surface area contributed by atoms with Crippen LogP contribution in [-0.2, 0) is 0 Å². The van der Waals surface area contributed by atoms with E-state index in [9.17, 15) is 0 Å². The molecule has 0 aliphatic carbocycles. The van der Waals surface area contributed by atoms with Crippen molar-refractivity contribution >= 4 is 5.69 Å². The summed E-state index contributed by atoms with van der Waals surface area (Å²) in [5.74, 6) is 0. The minimum atomic E-state index is 0.625. The Labute approximate surface area is 100 Å². The van der Waals surface area contributed by atoms with Gasteiger partial charge >= 0.3 is 0 Å². The van der Waals surface area contributed by atoms with Crippen LogP contribution < -0.4 is 5.32 Å². The van der Waals surface area contributed by atoms with Gasteiger partial charge in [0, 0.05) is 11.7 Å². The smallest absolute Gasteiger partial charge is 0.0374 e. The number of rotatable bonds is 6. The molecule has 0 amide bonds. The summed E-state index contributed by atoms with van der Waals surface area (Å²) in [5.41, 5.74) is 4.07. The summed E-state index contributed by atoms with van der Waals surface area (Å²) in [5, 5.41) is 3.67. The molecule has 1 unspecified atom stereocenters. The highest BCUT2D eigenvalue weighted by Crippen LogP contribution is 2.20. The van der Waals surface area contributed by atoms with E-state index >= 15 is 0 Å². The van der Waals surface area contributed by atoms with E-state index in [1.54, 1.807) is 0 Å². The molecule has 0 aliphatic heterocycles. The van der Waals surface area contributed by atoms with Crippen LogP contribution in [0.3, 0.4) is 0 Å². The lowest BCUT2D eigenvalue weighted by Crippen LogP contribution is -2.19. The Morgan fingerprint density at radius 1 is 1.19 bits per heavy atom. The molecule has 90 valence electrons. The van der Waals surface area contributed by atoms with Crippen LogP contribution >= 0.6 is 0 Å².